The molecule has 0 atom stereocenters. The zero-order valence-corrected chi connectivity index (χ0v) is 16.6. The first kappa shape index (κ1) is 17.8. The second kappa shape index (κ2) is 6.74. The van der Waals surface area contributed by atoms with Gasteiger partial charge in [-0.25, -0.2) is 14.4 Å². The van der Waals surface area contributed by atoms with E-state index in [1.54, 1.807) is 6.20 Å². The van der Waals surface area contributed by atoms with Gasteiger partial charge in [-0.1, -0.05) is 0 Å². The Hall–Kier alpha value is -2.06. The topological polar surface area (TPSA) is 79.7 Å². The average Bonchev–Trinajstić information content (AvgIpc) is 3.19. The molecule has 4 aliphatic rings. The molecule has 1 saturated heterocycles. The molecule has 2 aromatic rings. The molecule has 2 aromatic heterocycles. The molecule has 29 heavy (non-hydrogen) atoms. The van der Waals surface area contributed by atoms with Crippen molar-refractivity contribution in [1.29, 1.82) is 0 Å². The van der Waals surface area contributed by atoms with Gasteiger partial charge in [0.2, 0.25) is 5.95 Å². The number of nitrogens with one attached hydrogen (secondary N) is 3. The number of nitrogens with zero attached hydrogens (tertiary/aromatic N) is 4. The summed E-state index contributed by atoms with van der Waals surface area (Å²) in [6.45, 7) is 3.14. The SMILES string of the molecule is Fc1cnc(N[C@H]2CC[C@H](NC3CNC3)CC2)nc1-c1cnn2c1CC1(CC1)C2. The van der Waals surface area contributed by atoms with Crippen molar-refractivity contribution in [1.82, 2.24) is 30.4 Å². The van der Waals surface area contributed by atoms with E-state index in [0.29, 0.717) is 35.2 Å². The van der Waals surface area contributed by atoms with Crippen LogP contribution in [0.5, 0.6) is 0 Å². The van der Waals surface area contributed by atoms with E-state index in [1.807, 2.05) is 4.68 Å². The van der Waals surface area contributed by atoms with Crippen molar-refractivity contribution in [3.63, 3.8) is 0 Å². The first-order chi connectivity index (χ1) is 14.2. The lowest BCUT2D eigenvalue weighted by molar-refractivity contribution is 0.276. The minimum absolute atomic E-state index is 0.346. The van der Waals surface area contributed by atoms with Crippen molar-refractivity contribution >= 4 is 5.95 Å². The van der Waals surface area contributed by atoms with Gasteiger partial charge >= 0.3 is 0 Å². The molecule has 0 amide bonds. The summed E-state index contributed by atoms with van der Waals surface area (Å²) in [5.41, 5.74) is 2.74. The van der Waals surface area contributed by atoms with Gasteiger partial charge in [0.1, 0.15) is 5.69 Å². The molecule has 2 aliphatic heterocycles. The molecule has 1 spiro atoms. The first-order valence-corrected chi connectivity index (χ1v) is 11.0. The van der Waals surface area contributed by atoms with Crippen LogP contribution < -0.4 is 16.0 Å². The molecule has 6 rings (SSSR count). The highest BCUT2D eigenvalue weighted by Gasteiger charge is 2.49. The Balaban J connectivity index is 1.14. The highest BCUT2D eigenvalue weighted by molar-refractivity contribution is 5.64. The van der Waals surface area contributed by atoms with E-state index < -0.39 is 0 Å². The van der Waals surface area contributed by atoms with Crippen molar-refractivity contribution < 1.29 is 4.39 Å². The largest absolute Gasteiger partial charge is 0.351 e. The van der Waals surface area contributed by atoms with Gasteiger partial charge in [-0.3, -0.25) is 4.68 Å². The zero-order chi connectivity index (χ0) is 19.4. The van der Waals surface area contributed by atoms with Crippen LogP contribution in [0.3, 0.4) is 0 Å². The van der Waals surface area contributed by atoms with Crippen LogP contribution in [-0.2, 0) is 13.0 Å². The molecule has 0 aromatic carbocycles. The van der Waals surface area contributed by atoms with E-state index in [2.05, 4.69) is 31.0 Å². The van der Waals surface area contributed by atoms with E-state index in [-0.39, 0.29) is 5.82 Å². The van der Waals surface area contributed by atoms with Crippen molar-refractivity contribution in [2.75, 3.05) is 18.4 Å². The van der Waals surface area contributed by atoms with E-state index in [4.69, 9.17) is 0 Å². The number of halogens is 1. The molecule has 0 bridgehead atoms. The van der Waals surface area contributed by atoms with Crippen LogP contribution in [0.1, 0.15) is 44.2 Å². The lowest BCUT2D eigenvalue weighted by Crippen LogP contribution is -2.58. The normalized spacial score (nSPS) is 27.6. The second-order valence-corrected chi connectivity index (χ2v) is 9.44. The quantitative estimate of drug-likeness (QED) is 0.717. The van der Waals surface area contributed by atoms with Crippen LogP contribution in [0.15, 0.2) is 12.4 Å². The summed E-state index contributed by atoms with van der Waals surface area (Å²) >= 11 is 0. The fraction of sp³-hybridized carbons (Fsp3) is 0.667. The maximum Gasteiger partial charge on any atom is 0.223 e. The number of fused-ring (bicyclic) bond motifs is 1. The predicted octanol–water partition coefficient (Wildman–Crippen LogP) is 2.10. The van der Waals surface area contributed by atoms with E-state index in [9.17, 15) is 4.39 Å². The van der Waals surface area contributed by atoms with E-state index >= 15 is 0 Å². The van der Waals surface area contributed by atoms with Crippen molar-refractivity contribution in [3.05, 3.63) is 23.9 Å². The Morgan fingerprint density at radius 2 is 1.86 bits per heavy atom. The minimum atomic E-state index is -0.370. The minimum Gasteiger partial charge on any atom is -0.351 e. The molecule has 3 N–H and O–H groups in total. The third kappa shape index (κ3) is 3.32. The number of hydrogen-bond donors (Lipinski definition) is 3. The Labute approximate surface area is 169 Å². The molecule has 8 heteroatoms. The van der Waals surface area contributed by atoms with Crippen LogP contribution >= 0.6 is 0 Å². The summed E-state index contributed by atoms with van der Waals surface area (Å²) in [6.07, 6.45) is 11.0. The zero-order valence-electron chi connectivity index (χ0n) is 16.6. The van der Waals surface area contributed by atoms with Crippen LogP contribution in [-0.4, -0.2) is 51.0 Å². The molecule has 2 saturated carbocycles. The van der Waals surface area contributed by atoms with Gasteiger partial charge in [-0.15, -0.1) is 0 Å². The average molecular weight is 398 g/mol. The number of anilines is 1. The van der Waals surface area contributed by atoms with Crippen LogP contribution in [0.2, 0.25) is 0 Å². The van der Waals surface area contributed by atoms with Crippen molar-refractivity contribution in [3.8, 4) is 11.3 Å². The number of hydrogen-bond acceptors (Lipinski definition) is 6. The van der Waals surface area contributed by atoms with Crippen LogP contribution in [0.4, 0.5) is 10.3 Å². The molecule has 154 valence electrons. The van der Waals surface area contributed by atoms with Gasteiger partial charge in [-0.2, -0.15) is 5.10 Å². The summed E-state index contributed by atoms with van der Waals surface area (Å²) in [6, 6.07) is 1.59. The van der Waals surface area contributed by atoms with Gasteiger partial charge in [0, 0.05) is 49.0 Å². The van der Waals surface area contributed by atoms with Crippen molar-refractivity contribution in [2.24, 2.45) is 5.41 Å². The highest BCUT2D eigenvalue weighted by atomic mass is 19.1. The predicted molar refractivity (Wildman–Crippen MR) is 108 cm³/mol. The van der Waals surface area contributed by atoms with Gasteiger partial charge in [0.05, 0.1) is 12.4 Å². The number of rotatable bonds is 5. The molecule has 3 fully saturated rings. The molecular formula is C21H28FN7. The summed E-state index contributed by atoms with van der Waals surface area (Å²) in [4.78, 5) is 8.79. The maximum atomic E-state index is 14.6. The van der Waals surface area contributed by atoms with Crippen LogP contribution in [0, 0.1) is 11.2 Å². The van der Waals surface area contributed by atoms with Crippen molar-refractivity contribution in [2.45, 2.75) is 69.6 Å². The fourth-order valence-electron chi connectivity index (χ4n) is 5.12. The highest BCUT2D eigenvalue weighted by Crippen LogP contribution is 2.54. The Morgan fingerprint density at radius 1 is 1.07 bits per heavy atom. The van der Waals surface area contributed by atoms with Gasteiger partial charge in [-0.05, 0) is 50.4 Å². The van der Waals surface area contributed by atoms with E-state index in [1.165, 1.54) is 19.0 Å². The van der Waals surface area contributed by atoms with Crippen LogP contribution in [0.25, 0.3) is 11.3 Å². The molecule has 2 aliphatic carbocycles. The third-order valence-electron chi connectivity index (χ3n) is 7.25. The summed E-state index contributed by atoms with van der Waals surface area (Å²) in [7, 11) is 0. The Bertz CT molecular complexity index is 910. The third-order valence-corrected chi connectivity index (χ3v) is 7.25. The second-order valence-electron chi connectivity index (χ2n) is 9.44. The lowest BCUT2D eigenvalue weighted by Gasteiger charge is -2.36. The monoisotopic (exact) mass is 397 g/mol. The van der Waals surface area contributed by atoms with E-state index in [0.717, 1.165) is 63.0 Å². The van der Waals surface area contributed by atoms with Gasteiger partial charge in [0.15, 0.2) is 5.82 Å². The summed E-state index contributed by atoms with van der Waals surface area (Å²) in [5.74, 6) is 0.158. The standard InChI is InChI=1S/C21H28FN7/c22-17-11-24-20(27-14-3-1-13(2-4-14)26-15-8-23-9-15)28-19(17)16-10-25-29-12-21(5-6-21)7-18(16)29/h10-11,13-15,23,26H,1-9,12H2,(H,24,27,28)/t13-,14-. The van der Waals surface area contributed by atoms with Gasteiger partial charge < -0.3 is 16.0 Å². The molecule has 0 unspecified atom stereocenters. The molecule has 7 nitrogen and oxygen atoms in total. The fourth-order valence-corrected chi connectivity index (χ4v) is 5.12. The Kier molecular flexibility index (Phi) is 4.13. The summed E-state index contributed by atoms with van der Waals surface area (Å²) in [5, 5.41) is 15.0. The maximum absolute atomic E-state index is 14.6. The smallest absolute Gasteiger partial charge is 0.223 e. The Morgan fingerprint density at radius 3 is 2.59 bits per heavy atom. The molecular weight excluding hydrogens is 369 g/mol. The lowest BCUT2D eigenvalue weighted by atomic mass is 9.90. The summed E-state index contributed by atoms with van der Waals surface area (Å²) < 4.78 is 16.6. The molecule has 4 heterocycles. The first-order valence-electron chi connectivity index (χ1n) is 11.0. The van der Waals surface area contributed by atoms with Gasteiger partial charge in [0.25, 0.3) is 0 Å². The molecule has 0 radical (unpaired) electrons. The number of aromatic nitrogens is 4.